The smallest absolute Gasteiger partial charge is 0.341 e. The average Bonchev–Trinajstić information content (AvgIpc) is 2.53. The lowest BCUT2D eigenvalue weighted by Gasteiger charge is -2.44. The number of ether oxygens (including phenoxy) is 1. The minimum Gasteiger partial charge on any atom is -0.504 e. The highest BCUT2D eigenvalue weighted by atomic mass is 16.6. The summed E-state index contributed by atoms with van der Waals surface area (Å²) < 4.78 is 4.87. The van der Waals surface area contributed by atoms with E-state index >= 15 is 0 Å². The van der Waals surface area contributed by atoms with E-state index in [0.29, 0.717) is 5.56 Å². The maximum Gasteiger partial charge on any atom is 0.341 e. The van der Waals surface area contributed by atoms with Gasteiger partial charge in [0.05, 0.1) is 0 Å². The summed E-state index contributed by atoms with van der Waals surface area (Å²) in [4.78, 5) is 23.0. The van der Waals surface area contributed by atoms with Crippen LogP contribution in [-0.2, 0) is 14.3 Å². The molecule has 9 nitrogen and oxygen atoms in total. The molecule has 6 N–H and O–H groups in total. The van der Waals surface area contributed by atoms with Crippen LogP contribution in [0.25, 0.3) is 6.08 Å². The molecule has 0 amide bonds. The zero-order valence-electron chi connectivity index (χ0n) is 13.0. The highest BCUT2D eigenvalue weighted by Crippen LogP contribution is 2.37. The van der Waals surface area contributed by atoms with Gasteiger partial charge in [-0.25, -0.2) is 9.59 Å². The number of hydrogen-bond donors (Lipinski definition) is 6. The third-order valence-corrected chi connectivity index (χ3v) is 4.09. The average molecular weight is 354 g/mol. The van der Waals surface area contributed by atoms with Crippen LogP contribution >= 0.6 is 0 Å². The molecule has 0 saturated heterocycles. The standard InChI is InChI=1S/C16H18O9/c17-10-5-3-9(8-11(10)18)4-6-13(19)25-12-2-1-7-15(22,14(20)21)16(12,23)24/h3-6,8,12,17-18,22-24H,1-2,7H2,(H,20,21). The van der Waals surface area contributed by atoms with Crippen molar-refractivity contribution in [2.75, 3.05) is 0 Å². The number of aromatic hydroxyl groups is 2. The van der Waals surface area contributed by atoms with Crippen molar-refractivity contribution in [3.63, 3.8) is 0 Å². The Hall–Kier alpha value is -2.62. The third kappa shape index (κ3) is 3.58. The Morgan fingerprint density at radius 3 is 2.44 bits per heavy atom. The first-order valence-corrected chi connectivity index (χ1v) is 7.39. The summed E-state index contributed by atoms with van der Waals surface area (Å²) in [7, 11) is 0. The number of esters is 1. The molecule has 2 atom stereocenters. The first-order valence-electron chi connectivity index (χ1n) is 7.39. The van der Waals surface area contributed by atoms with Gasteiger partial charge in [0.1, 0.15) is 0 Å². The molecular formula is C16H18O9. The number of carboxylic acid groups (broad SMARTS) is 1. The van der Waals surface area contributed by atoms with Crippen LogP contribution in [0, 0.1) is 0 Å². The molecule has 136 valence electrons. The quantitative estimate of drug-likeness (QED) is 0.184. The Labute approximate surface area is 142 Å². The number of benzene rings is 1. The van der Waals surface area contributed by atoms with Gasteiger partial charge in [-0.15, -0.1) is 0 Å². The Bertz CT molecular complexity index is 710. The van der Waals surface area contributed by atoms with Gasteiger partial charge in [-0.2, -0.15) is 0 Å². The zero-order chi connectivity index (χ0) is 18.8. The van der Waals surface area contributed by atoms with Gasteiger partial charge < -0.3 is 35.4 Å². The molecule has 0 heterocycles. The number of hydrogen-bond acceptors (Lipinski definition) is 8. The second-order valence-corrected chi connectivity index (χ2v) is 5.79. The van der Waals surface area contributed by atoms with Gasteiger partial charge >= 0.3 is 11.9 Å². The van der Waals surface area contributed by atoms with Crippen molar-refractivity contribution in [3.8, 4) is 11.5 Å². The number of phenolic OH excluding ortho intramolecular Hbond substituents is 2. The predicted octanol–water partition coefficient (Wildman–Crippen LogP) is -0.297. The van der Waals surface area contributed by atoms with Crippen LogP contribution in [0.3, 0.4) is 0 Å². The number of aliphatic hydroxyl groups is 3. The summed E-state index contributed by atoms with van der Waals surface area (Å²) in [6.07, 6.45) is 0.209. The SMILES string of the molecule is O=C(C=Cc1ccc(O)c(O)c1)OC1CCCC(O)(C(=O)O)C1(O)O. The van der Waals surface area contributed by atoms with Crippen molar-refractivity contribution < 1.29 is 45.0 Å². The van der Waals surface area contributed by atoms with E-state index in [1.165, 1.54) is 24.3 Å². The fourth-order valence-corrected chi connectivity index (χ4v) is 2.59. The topological polar surface area (TPSA) is 165 Å². The van der Waals surface area contributed by atoms with E-state index in [9.17, 15) is 35.1 Å². The molecule has 0 radical (unpaired) electrons. The van der Waals surface area contributed by atoms with Crippen LogP contribution in [0.4, 0.5) is 0 Å². The highest BCUT2D eigenvalue weighted by molar-refractivity contribution is 5.87. The zero-order valence-corrected chi connectivity index (χ0v) is 13.0. The van der Waals surface area contributed by atoms with Crippen LogP contribution < -0.4 is 0 Å². The second-order valence-electron chi connectivity index (χ2n) is 5.79. The van der Waals surface area contributed by atoms with Crippen molar-refractivity contribution in [2.24, 2.45) is 0 Å². The Kier molecular flexibility index (Phi) is 5.02. The number of carboxylic acids is 1. The second kappa shape index (κ2) is 6.71. The normalized spacial score (nSPS) is 25.6. The van der Waals surface area contributed by atoms with Crippen LogP contribution in [0.5, 0.6) is 11.5 Å². The van der Waals surface area contributed by atoms with Gasteiger partial charge in [-0.3, -0.25) is 0 Å². The van der Waals surface area contributed by atoms with Gasteiger partial charge in [-0.1, -0.05) is 6.07 Å². The highest BCUT2D eigenvalue weighted by Gasteiger charge is 2.62. The van der Waals surface area contributed by atoms with Gasteiger partial charge in [0.15, 0.2) is 17.6 Å². The largest absolute Gasteiger partial charge is 0.504 e. The molecule has 0 aromatic heterocycles. The fraction of sp³-hybridized carbons (Fsp3) is 0.375. The molecule has 1 fully saturated rings. The lowest BCUT2D eigenvalue weighted by atomic mass is 9.77. The summed E-state index contributed by atoms with van der Waals surface area (Å²) >= 11 is 0. The lowest BCUT2D eigenvalue weighted by molar-refractivity contribution is -0.324. The molecule has 2 unspecified atom stereocenters. The maximum atomic E-state index is 11.8. The molecule has 0 bridgehead atoms. The van der Waals surface area contributed by atoms with Crippen molar-refractivity contribution in [1.82, 2.24) is 0 Å². The molecule has 9 heteroatoms. The van der Waals surface area contributed by atoms with Gasteiger partial charge in [0, 0.05) is 6.08 Å². The van der Waals surface area contributed by atoms with Crippen LogP contribution in [0.2, 0.25) is 0 Å². The Morgan fingerprint density at radius 2 is 1.84 bits per heavy atom. The van der Waals surface area contributed by atoms with Gasteiger partial charge in [0.25, 0.3) is 0 Å². The number of phenols is 2. The van der Waals surface area contributed by atoms with Crippen LogP contribution in [0.15, 0.2) is 24.3 Å². The van der Waals surface area contributed by atoms with E-state index in [2.05, 4.69) is 0 Å². The minimum atomic E-state index is -3.14. The predicted molar refractivity (Wildman–Crippen MR) is 82.3 cm³/mol. The molecule has 1 saturated carbocycles. The van der Waals surface area contributed by atoms with E-state index < -0.39 is 35.9 Å². The minimum absolute atomic E-state index is 0.0395. The van der Waals surface area contributed by atoms with E-state index in [4.69, 9.17) is 9.84 Å². The van der Waals surface area contributed by atoms with E-state index in [1.54, 1.807) is 0 Å². The molecule has 25 heavy (non-hydrogen) atoms. The Balaban J connectivity index is 2.10. The first-order chi connectivity index (χ1) is 11.6. The number of aliphatic carboxylic acids is 1. The van der Waals surface area contributed by atoms with Crippen LogP contribution in [-0.4, -0.2) is 60.1 Å². The van der Waals surface area contributed by atoms with Gasteiger partial charge in [-0.05, 0) is 43.0 Å². The summed E-state index contributed by atoms with van der Waals surface area (Å²) in [6, 6.07) is 3.80. The summed E-state index contributed by atoms with van der Waals surface area (Å²) in [6.45, 7) is 0. The molecule has 1 aromatic rings. The molecule has 1 aliphatic carbocycles. The molecule has 1 aliphatic rings. The van der Waals surface area contributed by atoms with Crippen molar-refractivity contribution >= 4 is 18.0 Å². The van der Waals surface area contributed by atoms with E-state index in [0.717, 1.165) is 6.08 Å². The fourth-order valence-electron chi connectivity index (χ4n) is 2.59. The van der Waals surface area contributed by atoms with E-state index in [1.807, 2.05) is 0 Å². The molecular weight excluding hydrogens is 336 g/mol. The van der Waals surface area contributed by atoms with Gasteiger partial charge in [0.2, 0.25) is 11.4 Å². The third-order valence-electron chi connectivity index (χ3n) is 4.09. The lowest BCUT2D eigenvalue weighted by Crippen LogP contribution is -2.68. The summed E-state index contributed by atoms with van der Waals surface area (Å²) in [5.74, 6) is -6.69. The van der Waals surface area contributed by atoms with Crippen molar-refractivity contribution in [2.45, 2.75) is 36.8 Å². The van der Waals surface area contributed by atoms with Crippen LogP contribution in [0.1, 0.15) is 24.8 Å². The molecule has 1 aromatic carbocycles. The summed E-state index contributed by atoms with van der Waals surface area (Å²) in [5, 5.41) is 57.5. The van der Waals surface area contributed by atoms with E-state index in [-0.39, 0.29) is 24.3 Å². The monoisotopic (exact) mass is 354 g/mol. The number of carbonyl (C=O) groups excluding carboxylic acids is 1. The maximum absolute atomic E-state index is 11.8. The molecule has 0 spiro atoms. The number of carbonyl (C=O) groups is 2. The molecule has 0 aliphatic heterocycles. The Morgan fingerprint density at radius 1 is 1.16 bits per heavy atom. The summed E-state index contributed by atoms with van der Waals surface area (Å²) in [5.41, 5.74) is -2.49. The first kappa shape index (κ1) is 18.7. The number of rotatable bonds is 4. The van der Waals surface area contributed by atoms with Crippen molar-refractivity contribution in [3.05, 3.63) is 29.8 Å². The van der Waals surface area contributed by atoms with Crippen molar-refractivity contribution in [1.29, 1.82) is 0 Å². The molecule has 2 rings (SSSR count).